The molecule has 0 spiro atoms. The number of ketones is 1. The number of benzene rings is 1. The molecule has 0 atom stereocenters. The highest BCUT2D eigenvalue weighted by atomic mass is 16.6. The van der Waals surface area contributed by atoms with Gasteiger partial charge in [0, 0.05) is 7.05 Å². The molecular formula is C12H14N2O5. The van der Waals surface area contributed by atoms with Crippen molar-refractivity contribution < 1.29 is 19.2 Å². The molecule has 0 fully saturated rings. The lowest BCUT2D eigenvalue weighted by molar-refractivity contribution is -0.384. The zero-order valence-corrected chi connectivity index (χ0v) is 10.9. The Kier molecular flexibility index (Phi) is 4.57. The van der Waals surface area contributed by atoms with Gasteiger partial charge in [0.15, 0.2) is 5.78 Å². The predicted octanol–water partition coefficient (Wildman–Crippen LogP) is 2.39. The topological polar surface area (TPSA) is 89.8 Å². The summed E-state index contributed by atoms with van der Waals surface area (Å²) in [6.07, 6.45) is -0.716. The predicted molar refractivity (Wildman–Crippen MR) is 68.5 cm³/mol. The van der Waals surface area contributed by atoms with Crippen LogP contribution in [0.1, 0.15) is 24.2 Å². The SMILES string of the molecule is CCOC(=O)N(C)c1cccc(C(C)=O)c1[N+](=O)[O-]. The highest BCUT2D eigenvalue weighted by Crippen LogP contribution is 2.31. The summed E-state index contributed by atoms with van der Waals surface area (Å²) in [6, 6.07) is 4.22. The van der Waals surface area contributed by atoms with Gasteiger partial charge in [-0.15, -0.1) is 0 Å². The third kappa shape index (κ3) is 3.06. The van der Waals surface area contributed by atoms with Crippen molar-refractivity contribution in [2.24, 2.45) is 0 Å². The number of carbonyl (C=O) groups is 2. The summed E-state index contributed by atoms with van der Waals surface area (Å²) < 4.78 is 4.77. The third-order valence-corrected chi connectivity index (χ3v) is 2.48. The van der Waals surface area contributed by atoms with Gasteiger partial charge in [0.25, 0.3) is 0 Å². The lowest BCUT2D eigenvalue weighted by atomic mass is 10.1. The molecule has 1 aromatic rings. The number of anilines is 1. The molecule has 0 unspecified atom stereocenters. The Morgan fingerprint density at radius 3 is 2.53 bits per heavy atom. The lowest BCUT2D eigenvalue weighted by Gasteiger charge is -2.17. The summed E-state index contributed by atoms with van der Waals surface area (Å²) in [5, 5.41) is 11.1. The molecular weight excluding hydrogens is 252 g/mol. The molecule has 19 heavy (non-hydrogen) atoms. The molecule has 7 nitrogen and oxygen atoms in total. The van der Waals surface area contributed by atoms with E-state index in [0.29, 0.717) is 0 Å². The highest BCUT2D eigenvalue weighted by molar-refractivity contribution is 6.02. The zero-order chi connectivity index (χ0) is 14.6. The molecule has 0 heterocycles. The second kappa shape index (κ2) is 5.94. The Balaban J connectivity index is 3.35. The van der Waals surface area contributed by atoms with E-state index < -0.39 is 22.5 Å². The van der Waals surface area contributed by atoms with Crippen LogP contribution in [0.3, 0.4) is 0 Å². The summed E-state index contributed by atoms with van der Waals surface area (Å²) in [4.78, 5) is 34.4. The van der Waals surface area contributed by atoms with Crippen LogP contribution in [-0.4, -0.2) is 30.5 Å². The van der Waals surface area contributed by atoms with Crippen molar-refractivity contribution in [3.05, 3.63) is 33.9 Å². The van der Waals surface area contributed by atoms with Crippen molar-refractivity contribution >= 4 is 23.3 Å². The van der Waals surface area contributed by atoms with Gasteiger partial charge in [0.2, 0.25) is 0 Å². The van der Waals surface area contributed by atoms with E-state index in [0.717, 1.165) is 4.90 Å². The molecule has 0 aromatic heterocycles. The zero-order valence-electron chi connectivity index (χ0n) is 10.9. The van der Waals surface area contributed by atoms with Gasteiger partial charge < -0.3 is 4.74 Å². The lowest BCUT2D eigenvalue weighted by Crippen LogP contribution is -2.28. The van der Waals surface area contributed by atoms with Crippen molar-refractivity contribution in [3.8, 4) is 0 Å². The molecule has 0 N–H and O–H groups in total. The van der Waals surface area contributed by atoms with Crippen LogP contribution in [0, 0.1) is 10.1 Å². The van der Waals surface area contributed by atoms with E-state index in [1.165, 1.54) is 32.2 Å². The van der Waals surface area contributed by atoms with Gasteiger partial charge in [0.1, 0.15) is 5.69 Å². The first-order valence-electron chi connectivity index (χ1n) is 5.59. The van der Waals surface area contributed by atoms with E-state index in [-0.39, 0.29) is 17.9 Å². The Morgan fingerprint density at radius 1 is 1.42 bits per heavy atom. The molecule has 0 bridgehead atoms. The maximum Gasteiger partial charge on any atom is 0.414 e. The molecule has 0 aliphatic rings. The van der Waals surface area contributed by atoms with Crippen LogP contribution < -0.4 is 4.90 Å². The third-order valence-electron chi connectivity index (χ3n) is 2.48. The molecule has 1 amide bonds. The molecule has 0 aliphatic carbocycles. The molecule has 0 radical (unpaired) electrons. The number of nitro groups is 1. The average Bonchev–Trinajstić information content (AvgIpc) is 2.36. The summed E-state index contributed by atoms with van der Waals surface area (Å²) in [6.45, 7) is 3.02. The quantitative estimate of drug-likeness (QED) is 0.474. The van der Waals surface area contributed by atoms with E-state index in [9.17, 15) is 19.7 Å². The summed E-state index contributed by atoms with van der Waals surface area (Å²) in [7, 11) is 1.35. The van der Waals surface area contributed by atoms with Crippen molar-refractivity contribution in [2.75, 3.05) is 18.6 Å². The van der Waals surface area contributed by atoms with Gasteiger partial charge in [-0.3, -0.25) is 19.8 Å². The largest absolute Gasteiger partial charge is 0.449 e. The number of amides is 1. The number of carbonyl (C=O) groups excluding carboxylic acids is 2. The van der Waals surface area contributed by atoms with Gasteiger partial charge in [-0.05, 0) is 26.0 Å². The summed E-state index contributed by atoms with van der Waals surface area (Å²) >= 11 is 0. The van der Waals surface area contributed by atoms with Gasteiger partial charge >= 0.3 is 11.8 Å². The van der Waals surface area contributed by atoms with E-state index >= 15 is 0 Å². The Hall–Kier alpha value is -2.44. The van der Waals surface area contributed by atoms with E-state index in [4.69, 9.17) is 4.74 Å². The maximum absolute atomic E-state index is 11.6. The molecule has 1 aromatic carbocycles. The normalized spacial score (nSPS) is 9.84. The van der Waals surface area contributed by atoms with Gasteiger partial charge in [0.05, 0.1) is 17.1 Å². The minimum Gasteiger partial charge on any atom is -0.449 e. The van der Waals surface area contributed by atoms with Crippen LogP contribution in [0.25, 0.3) is 0 Å². The van der Waals surface area contributed by atoms with Crippen LogP contribution in [0.2, 0.25) is 0 Å². The van der Waals surface area contributed by atoms with Gasteiger partial charge in [-0.2, -0.15) is 0 Å². The van der Waals surface area contributed by atoms with Crippen LogP contribution in [0.15, 0.2) is 18.2 Å². The second-order valence-corrected chi connectivity index (χ2v) is 3.74. The first-order valence-corrected chi connectivity index (χ1v) is 5.59. The number of nitro benzene ring substituents is 1. The van der Waals surface area contributed by atoms with Crippen molar-refractivity contribution in [2.45, 2.75) is 13.8 Å². The van der Waals surface area contributed by atoms with Crippen molar-refractivity contribution in [1.82, 2.24) is 0 Å². The van der Waals surface area contributed by atoms with Crippen LogP contribution in [-0.2, 0) is 4.74 Å². The molecule has 0 saturated heterocycles. The summed E-state index contributed by atoms with van der Waals surface area (Å²) in [5.74, 6) is -0.439. The van der Waals surface area contributed by atoms with E-state index in [2.05, 4.69) is 0 Å². The first kappa shape index (κ1) is 14.6. The first-order chi connectivity index (χ1) is 8.90. The average molecular weight is 266 g/mol. The number of nitrogens with zero attached hydrogens (tertiary/aromatic N) is 2. The van der Waals surface area contributed by atoms with E-state index in [1.807, 2.05) is 0 Å². The van der Waals surface area contributed by atoms with Crippen LogP contribution in [0.4, 0.5) is 16.2 Å². The number of ether oxygens (including phenoxy) is 1. The summed E-state index contributed by atoms with van der Waals surface area (Å²) in [5.41, 5.74) is -0.416. The molecule has 1 rings (SSSR count). The van der Waals surface area contributed by atoms with Crippen LogP contribution >= 0.6 is 0 Å². The second-order valence-electron chi connectivity index (χ2n) is 3.74. The van der Waals surface area contributed by atoms with Crippen LogP contribution in [0.5, 0.6) is 0 Å². The molecule has 7 heteroatoms. The molecule has 102 valence electrons. The smallest absolute Gasteiger partial charge is 0.414 e. The molecule has 0 saturated carbocycles. The monoisotopic (exact) mass is 266 g/mol. The minimum atomic E-state index is -0.716. The van der Waals surface area contributed by atoms with Crippen molar-refractivity contribution in [3.63, 3.8) is 0 Å². The highest BCUT2D eigenvalue weighted by Gasteiger charge is 2.27. The number of rotatable bonds is 4. The standard InChI is InChI=1S/C12H14N2O5/c1-4-19-12(16)13(3)10-7-5-6-9(8(2)15)11(10)14(17)18/h5-7H,4H2,1-3H3. The Labute approximate surface area is 109 Å². The number of Topliss-reactive ketones (excluding diaryl/α,β-unsaturated/α-hetero) is 1. The fraction of sp³-hybridized carbons (Fsp3) is 0.333. The number of hydrogen-bond donors (Lipinski definition) is 0. The maximum atomic E-state index is 11.6. The Bertz CT molecular complexity index is 527. The van der Waals surface area contributed by atoms with E-state index in [1.54, 1.807) is 6.92 Å². The fourth-order valence-electron chi connectivity index (χ4n) is 1.60. The fourth-order valence-corrected chi connectivity index (χ4v) is 1.60. The van der Waals surface area contributed by atoms with Gasteiger partial charge in [-0.25, -0.2) is 4.79 Å². The minimum absolute atomic E-state index is 0.0242. The molecule has 0 aliphatic heterocycles. The number of para-hydroxylation sites is 1. The van der Waals surface area contributed by atoms with Gasteiger partial charge in [-0.1, -0.05) is 6.07 Å². The number of hydrogen-bond acceptors (Lipinski definition) is 5. The Morgan fingerprint density at radius 2 is 2.05 bits per heavy atom. The van der Waals surface area contributed by atoms with Crippen molar-refractivity contribution in [1.29, 1.82) is 0 Å².